The highest BCUT2D eigenvalue weighted by molar-refractivity contribution is 5.92. The van der Waals surface area contributed by atoms with Gasteiger partial charge in [-0.05, 0) is 44.7 Å². The maximum atomic E-state index is 12.7. The number of hydrogen-bond acceptors (Lipinski definition) is 4. The summed E-state index contributed by atoms with van der Waals surface area (Å²) in [6, 6.07) is 0. The quantitative estimate of drug-likeness (QED) is 0.830. The maximum absolute atomic E-state index is 12.7. The minimum atomic E-state index is 0.0503. The normalized spacial score (nSPS) is 27.9. The van der Waals surface area contributed by atoms with Crippen LogP contribution in [0.3, 0.4) is 0 Å². The summed E-state index contributed by atoms with van der Waals surface area (Å²) in [5, 5.41) is 0. The summed E-state index contributed by atoms with van der Waals surface area (Å²) in [4.78, 5) is 25.6. The van der Waals surface area contributed by atoms with Crippen molar-refractivity contribution < 1.29 is 4.79 Å². The lowest BCUT2D eigenvalue weighted by Crippen LogP contribution is -2.46. The van der Waals surface area contributed by atoms with Crippen molar-refractivity contribution in [2.75, 3.05) is 32.7 Å². The maximum Gasteiger partial charge on any atom is 0.274 e. The fraction of sp³-hybridized carbons (Fsp3) is 0.762. The third kappa shape index (κ3) is 4.08. The van der Waals surface area contributed by atoms with Crippen molar-refractivity contribution in [1.82, 2.24) is 19.8 Å². The Labute approximate surface area is 157 Å². The summed E-state index contributed by atoms with van der Waals surface area (Å²) in [6.45, 7) is 5.43. The molecule has 1 amide bonds. The molecule has 0 N–H and O–H groups in total. The molecule has 2 aliphatic heterocycles. The molecule has 4 rings (SSSR count). The molecule has 0 bridgehead atoms. The highest BCUT2D eigenvalue weighted by Crippen LogP contribution is 2.39. The number of rotatable bonds is 4. The van der Waals surface area contributed by atoms with Gasteiger partial charge >= 0.3 is 0 Å². The average Bonchev–Trinajstić information content (AvgIpc) is 3.10. The fourth-order valence-corrected chi connectivity index (χ4v) is 5.36. The molecule has 142 valence electrons. The Kier molecular flexibility index (Phi) is 5.53. The number of piperidine rings is 1. The van der Waals surface area contributed by atoms with Crippen molar-refractivity contribution in [3.05, 3.63) is 24.3 Å². The zero-order valence-electron chi connectivity index (χ0n) is 15.9. The van der Waals surface area contributed by atoms with E-state index in [1.807, 2.05) is 4.90 Å². The molecule has 0 unspecified atom stereocenters. The van der Waals surface area contributed by atoms with Crippen LogP contribution in [0.4, 0.5) is 0 Å². The van der Waals surface area contributed by atoms with Crippen LogP contribution in [0.1, 0.15) is 68.3 Å². The number of nitrogens with zero attached hydrogens (tertiary/aromatic N) is 4. The smallest absolute Gasteiger partial charge is 0.274 e. The second kappa shape index (κ2) is 8.03. The van der Waals surface area contributed by atoms with E-state index >= 15 is 0 Å². The molecule has 1 saturated carbocycles. The SMILES string of the molecule is O=C(c1cnccn1)N1CC[C@@]2(CCCN(CCC3CCCCC3)C2)C1. The van der Waals surface area contributed by atoms with Crippen LogP contribution >= 0.6 is 0 Å². The van der Waals surface area contributed by atoms with E-state index in [0.717, 1.165) is 25.4 Å². The number of aromatic nitrogens is 2. The molecule has 2 saturated heterocycles. The van der Waals surface area contributed by atoms with Crippen LogP contribution in [-0.4, -0.2) is 58.4 Å². The molecule has 3 fully saturated rings. The van der Waals surface area contributed by atoms with Crippen molar-refractivity contribution >= 4 is 5.91 Å². The number of amides is 1. The van der Waals surface area contributed by atoms with Crippen molar-refractivity contribution in [3.8, 4) is 0 Å². The number of carbonyl (C=O) groups is 1. The van der Waals surface area contributed by atoms with E-state index < -0.39 is 0 Å². The van der Waals surface area contributed by atoms with E-state index in [2.05, 4.69) is 14.9 Å². The topological polar surface area (TPSA) is 49.3 Å². The molecule has 0 radical (unpaired) electrons. The van der Waals surface area contributed by atoms with Gasteiger partial charge in [0.1, 0.15) is 5.69 Å². The van der Waals surface area contributed by atoms with Gasteiger partial charge in [-0.3, -0.25) is 9.78 Å². The first-order chi connectivity index (χ1) is 12.7. The van der Waals surface area contributed by atoms with Crippen LogP contribution < -0.4 is 0 Å². The van der Waals surface area contributed by atoms with Gasteiger partial charge in [0, 0.05) is 37.4 Å². The predicted octanol–water partition coefficient (Wildman–Crippen LogP) is 3.38. The zero-order chi connectivity index (χ0) is 17.8. The highest BCUT2D eigenvalue weighted by atomic mass is 16.2. The Bertz CT molecular complexity index is 601. The van der Waals surface area contributed by atoms with Crippen LogP contribution in [0.5, 0.6) is 0 Å². The second-order valence-corrected chi connectivity index (χ2v) is 8.74. The molecule has 1 aliphatic carbocycles. The Balaban J connectivity index is 1.31. The van der Waals surface area contributed by atoms with E-state index in [-0.39, 0.29) is 5.91 Å². The summed E-state index contributed by atoms with van der Waals surface area (Å²) in [5.74, 6) is 1.01. The molecule has 1 atom stereocenters. The second-order valence-electron chi connectivity index (χ2n) is 8.74. The minimum Gasteiger partial charge on any atom is -0.337 e. The van der Waals surface area contributed by atoms with E-state index in [0.29, 0.717) is 11.1 Å². The van der Waals surface area contributed by atoms with Gasteiger partial charge in [0.05, 0.1) is 6.20 Å². The molecular weight excluding hydrogens is 324 g/mol. The van der Waals surface area contributed by atoms with Gasteiger partial charge in [-0.25, -0.2) is 4.98 Å². The van der Waals surface area contributed by atoms with Crippen LogP contribution in [0.25, 0.3) is 0 Å². The zero-order valence-corrected chi connectivity index (χ0v) is 15.9. The summed E-state index contributed by atoms with van der Waals surface area (Å²) in [6.07, 6.45) is 17.1. The average molecular weight is 357 g/mol. The number of carbonyl (C=O) groups excluding carboxylic acids is 1. The fourth-order valence-electron chi connectivity index (χ4n) is 5.36. The predicted molar refractivity (Wildman–Crippen MR) is 102 cm³/mol. The van der Waals surface area contributed by atoms with Gasteiger partial charge in [-0.15, -0.1) is 0 Å². The van der Waals surface area contributed by atoms with Gasteiger partial charge in [-0.2, -0.15) is 0 Å². The Morgan fingerprint density at radius 2 is 1.96 bits per heavy atom. The van der Waals surface area contributed by atoms with Gasteiger partial charge in [0.25, 0.3) is 5.91 Å². The Hall–Kier alpha value is -1.49. The largest absolute Gasteiger partial charge is 0.337 e. The summed E-state index contributed by atoms with van der Waals surface area (Å²) >= 11 is 0. The lowest BCUT2D eigenvalue weighted by molar-refractivity contribution is 0.0669. The molecule has 26 heavy (non-hydrogen) atoms. The van der Waals surface area contributed by atoms with E-state index in [4.69, 9.17) is 0 Å². The van der Waals surface area contributed by atoms with Crippen molar-refractivity contribution in [3.63, 3.8) is 0 Å². The highest BCUT2D eigenvalue weighted by Gasteiger charge is 2.43. The first kappa shape index (κ1) is 17.9. The van der Waals surface area contributed by atoms with Gasteiger partial charge in [0.2, 0.25) is 0 Å². The monoisotopic (exact) mass is 356 g/mol. The van der Waals surface area contributed by atoms with Crippen LogP contribution in [-0.2, 0) is 0 Å². The van der Waals surface area contributed by atoms with E-state index in [1.165, 1.54) is 71.0 Å². The Morgan fingerprint density at radius 1 is 1.08 bits per heavy atom. The minimum absolute atomic E-state index is 0.0503. The third-order valence-corrected chi connectivity index (χ3v) is 6.83. The van der Waals surface area contributed by atoms with Crippen molar-refractivity contribution in [2.24, 2.45) is 11.3 Å². The summed E-state index contributed by atoms with van der Waals surface area (Å²) in [5.41, 5.74) is 0.789. The molecule has 0 aromatic carbocycles. The van der Waals surface area contributed by atoms with Crippen LogP contribution in [0.2, 0.25) is 0 Å². The molecule has 5 heteroatoms. The number of likely N-dealkylation sites (tertiary alicyclic amines) is 2. The molecular formula is C21H32N4O. The lowest BCUT2D eigenvalue weighted by Gasteiger charge is -2.41. The standard InChI is InChI=1S/C21H32N4O/c26-20(19-15-22-10-11-23-19)25-14-9-21(17-25)8-4-12-24(16-21)13-7-18-5-2-1-3-6-18/h10-11,15,18H,1-9,12-14,16-17H2/t21-/m1/s1. The van der Waals surface area contributed by atoms with Crippen LogP contribution in [0, 0.1) is 11.3 Å². The molecule has 1 aromatic rings. The van der Waals surface area contributed by atoms with Gasteiger partial charge in [0.15, 0.2) is 0 Å². The number of hydrogen-bond donors (Lipinski definition) is 0. The first-order valence-electron chi connectivity index (χ1n) is 10.5. The third-order valence-electron chi connectivity index (χ3n) is 6.83. The van der Waals surface area contributed by atoms with Gasteiger partial charge < -0.3 is 9.80 Å². The van der Waals surface area contributed by atoms with E-state index in [9.17, 15) is 4.79 Å². The molecule has 1 aromatic heterocycles. The lowest BCUT2D eigenvalue weighted by atomic mass is 9.79. The van der Waals surface area contributed by atoms with Crippen LogP contribution in [0.15, 0.2) is 18.6 Å². The van der Waals surface area contributed by atoms with Gasteiger partial charge in [-0.1, -0.05) is 32.1 Å². The molecule has 5 nitrogen and oxygen atoms in total. The molecule has 1 spiro atoms. The summed E-state index contributed by atoms with van der Waals surface area (Å²) in [7, 11) is 0. The first-order valence-corrected chi connectivity index (χ1v) is 10.5. The van der Waals surface area contributed by atoms with Crippen molar-refractivity contribution in [2.45, 2.75) is 57.8 Å². The summed E-state index contributed by atoms with van der Waals surface area (Å²) < 4.78 is 0. The molecule has 3 heterocycles. The Morgan fingerprint density at radius 3 is 2.77 bits per heavy atom. The van der Waals surface area contributed by atoms with Crippen molar-refractivity contribution in [1.29, 1.82) is 0 Å². The van der Waals surface area contributed by atoms with E-state index in [1.54, 1.807) is 18.6 Å². The molecule has 3 aliphatic rings.